The first-order chi connectivity index (χ1) is 9.74. The van der Waals surface area contributed by atoms with Gasteiger partial charge in [0.2, 0.25) is 0 Å². The molecule has 6 nitrogen and oxygen atoms in total. The SMILES string of the molecule is O=[N+]([O-])c1ccc(N(Cc2cccnc2)C2CC2)nc1. The zero-order chi connectivity index (χ0) is 13.9. The van der Waals surface area contributed by atoms with Crippen LogP contribution in [0.4, 0.5) is 11.5 Å². The van der Waals surface area contributed by atoms with Crippen molar-refractivity contribution in [2.45, 2.75) is 25.4 Å². The van der Waals surface area contributed by atoms with Crippen LogP contribution >= 0.6 is 0 Å². The predicted octanol–water partition coefficient (Wildman–Crippen LogP) is 2.55. The number of nitrogens with zero attached hydrogens (tertiary/aromatic N) is 4. The Hall–Kier alpha value is -2.50. The zero-order valence-corrected chi connectivity index (χ0v) is 10.8. The van der Waals surface area contributed by atoms with Gasteiger partial charge in [-0.05, 0) is 30.5 Å². The van der Waals surface area contributed by atoms with E-state index in [2.05, 4.69) is 14.9 Å². The maximum atomic E-state index is 10.7. The van der Waals surface area contributed by atoms with Crippen LogP contribution in [0.3, 0.4) is 0 Å². The van der Waals surface area contributed by atoms with E-state index in [9.17, 15) is 10.1 Å². The third kappa shape index (κ3) is 2.74. The Morgan fingerprint density at radius 1 is 1.30 bits per heavy atom. The molecule has 2 aromatic heterocycles. The number of aromatic nitrogens is 2. The third-order valence-corrected chi connectivity index (χ3v) is 3.30. The maximum absolute atomic E-state index is 10.7. The quantitative estimate of drug-likeness (QED) is 0.616. The molecule has 2 aromatic rings. The van der Waals surface area contributed by atoms with E-state index >= 15 is 0 Å². The van der Waals surface area contributed by atoms with Crippen LogP contribution in [0, 0.1) is 10.1 Å². The first kappa shape index (κ1) is 12.5. The molecule has 0 saturated heterocycles. The summed E-state index contributed by atoms with van der Waals surface area (Å²) in [6.07, 6.45) is 7.17. The second kappa shape index (κ2) is 5.24. The van der Waals surface area contributed by atoms with Gasteiger partial charge in [-0.25, -0.2) is 4.98 Å². The molecule has 0 atom stereocenters. The van der Waals surface area contributed by atoms with Gasteiger partial charge >= 0.3 is 0 Å². The predicted molar refractivity (Wildman–Crippen MR) is 74.3 cm³/mol. The van der Waals surface area contributed by atoms with Crippen molar-refractivity contribution < 1.29 is 4.92 Å². The van der Waals surface area contributed by atoms with Crippen LogP contribution in [0.15, 0.2) is 42.9 Å². The van der Waals surface area contributed by atoms with Gasteiger partial charge in [-0.3, -0.25) is 15.1 Å². The number of rotatable bonds is 5. The normalized spacial score (nSPS) is 14.0. The van der Waals surface area contributed by atoms with Crippen molar-refractivity contribution in [2.24, 2.45) is 0 Å². The summed E-state index contributed by atoms with van der Waals surface area (Å²) >= 11 is 0. The van der Waals surface area contributed by atoms with Gasteiger partial charge in [-0.15, -0.1) is 0 Å². The minimum absolute atomic E-state index is 0.0193. The summed E-state index contributed by atoms with van der Waals surface area (Å²) in [6.45, 7) is 0.726. The van der Waals surface area contributed by atoms with E-state index in [0.29, 0.717) is 6.04 Å². The fourth-order valence-electron chi connectivity index (χ4n) is 2.13. The number of hydrogen-bond acceptors (Lipinski definition) is 5. The van der Waals surface area contributed by atoms with E-state index in [0.717, 1.165) is 30.8 Å². The molecule has 0 N–H and O–H groups in total. The van der Waals surface area contributed by atoms with Gasteiger partial charge in [-0.2, -0.15) is 0 Å². The maximum Gasteiger partial charge on any atom is 0.287 e. The summed E-state index contributed by atoms with van der Waals surface area (Å²) < 4.78 is 0. The van der Waals surface area contributed by atoms with Crippen LogP contribution < -0.4 is 4.90 Å². The Labute approximate surface area is 116 Å². The summed E-state index contributed by atoms with van der Waals surface area (Å²) in [5.41, 5.74) is 1.13. The summed E-state index contributed by atoms with van der Waals surface area (Å²) in [4.78, 5) is 20.7. The fourth-order valence-corrected chi connectivity index (χ4v) is 2.13. The number of hydrogen-bond donors (Lipinski definition) is 0. The lowest BCUT2D eigenvalue weighted by Crippen LogP contribution is -2.25. The van der Waals surface area contributed by atoms with Crippen LogP contribution in [0.5, 0.6) is 0 Å². The van der Waals surface area contributed by atoms with Crippen molar-refractivity contribution >= 4 is 11.5 Å². The Bertz CT molecular complexity index is 596. The van der Waals surface area contributed by atoms with Gasteiger partial charge in [0, 0.05) is 31.0 Å². The summed E-state index contributed by atoms with van der Waals surface area (Å²) in [5.74, 6) is 0.780. The highest BCUT2D eigenvalue weighted by Crippen LogP contribution is 2.32. The van der Waals surface area contributed by atoms with Crippen molar-refractivity contribution in [2.75, 3.05) is 4.90 Å². The van der Waals surface area contributed by atoms with Crippen LogP contribution in [0.1, 0.15) is 18.4 Å². The molecule has 0 spiro atoms. The molecule has 0 aromatic carbocycles. The van der Waals surface area contributed by atoms with E-state index in [1.165, 1.54) is 12.3 Å². The highest BCUT2D eigenvalue weighted by molar-refractivity contribution is 5.45. The standard InChI is InChI=1S/C14H14N4O2/c19-18(20)13-5-6-14(16-9-13)17(12-3-4-12)10-11-2-1-7-15-8-11/h1-2,5-9,12H,3-4,10H2. The molecule has 0 bridgehead atoms. The van der Waals surface area contributed by atoms with E-state index in [4.69, 9.17) is 0 Å². The molecule has 1 fully saturated rings. The van der Waals surface area contributed by atoms with Crippen LogP contribution in [-0.4, -0.2) is 20.9 Å². The topological polar surface area (TPSA) is 72.2 Å². The highest BCUT2D eigenvalue weighted by atomic mass is 16.6. The lowest BCUT2D eigenvalue weighted by molar-refractivity contribution is -0.385. The molecule has 2 heterocycles. The lowest BCUT2D eigenvalue weighted by atomic mass is 10.2. The molecule has 0 unspecified atom stereocenters. The molecule has 0 radical (unpaired) electrons. The average molecular weight is 270 g/mol. The number of pyridine rings is 2. The van der Waals surface area contributed by atoms with Crippen LogP contribution in [0.2, 0.25) is 0 Å². The minimum Gasteiger partial charge on any atom is -0.349 e. The van der Waals surface area contributed by atoms with Gasteiger partial charge in [0.1, 0.15) is 12.0 Å². The fraction of sp³-hybridized carbons (Fsp3) is 0.286. The van der Waals surface area contributed by atoms with Gasteiger partial charge in [0.15, 0.2) is 0 Å². The molecule has 1 saturated carbocycles. The largest absolute Gasteiger partial charge is 0.349 e. The molecule has 0 amide bonds. The highest BCUT2D eigenvalue weighted by Gasteiger charge is 2.30. The van der Waals surface area contributed by atoms with Gasteiger partial charge in [0.25, 0.3) is 5.69 Å². The summed E-state index contributed by atoms with van der Waals surface area (Å²) in [5, 5.41) is 10.7. The van der Waals surface area contributed by atoms with Gasteiger partial charge < -0.3 is 4.90 Å². The van der Waals surface area contributed by atoms with Crippen molar-refractivity contribution in [1.82, 2.24) is 9.97 Å². The lowest BCUT2D eigenvalue weighted by Gasteiger charge is -2.23. The zero-order valence-electron chi connectivity index (χ0n) is 10.8. The average Bonchev–Trinajstić information content (AvgIpc) is 3.30. The monoisotopic (exact) mass is 270 g/mol. The molecule has 102 valence electrons. The van der Waals surface area contributed by atoms with Crippen molar-refractivity contribution in [1.29, 1.82) is 0 Å². The first-order valence-corrected chi connectivity index (χ1v) is 6.50. The molecule has 1 aliphatic carbocycles. The molecule has 0 aliphatic heterocycles. The van der Waals surface area contributed by atoms with Crippen LogP contribution in [0.25, 0.3) is 0 Å². The van der Waals surface area contributed by atoms with Crippen molar-refractivity contribution in [3.8, 4) is 0 Å². The Kier molecular flexibility index (Phi) is 3.28. The molecular weight excluding hydrogens is 256 g/mol. The molecule has 3 rings (SSSR count). The number of anilines is 1. The minimum atomic E-state index is -0.431. The Morgan fingerprint density at radius 3 is 2.70 bits per heavy atom. The van der Waals surface area contributed by atoms with Crippen molar-refractivity contribution in [3.05, 3.63) is 58.5 Å². The van der Waals surface area contributed by atoms with Crippen molar-refractivity contribution in [3.63, 3.8) is 0 Å². The first-order valence-electron chi connectivity index (χ1n) is 6.50. The summed E-state index contributed by atoms with van der Waals surface area (Å²) in [6, 6.07) is 7.62. The van der Waals surface area contributed by atoms with E-state index in [1.54, 1.807) is 12.3 Å². The third-order valence-electron chi connectivity index (χ3n) is 3.30. The Balaban J connectivity index is 1.82. The van der Waals surface area contributed by atoms with Gasteiger partial charge in [-0.1, -0.05) is 6.07 Å². The van der Waals surface area contributed by atoms with E-state index in [-0.39, 0.29) is 5.69 Å². The summed E-state index contributed by atoms with van der Waals surface area (Å²) in [7, 11) is 0. The molecule has 1 aliphatic rings. The van der Waals surface area contributed by atoms with Crippen LogP contribution in [-0.2, 0) is 6.54 Å². The smallest absolute Gasteiger partial charge is 0.287 e. The van der Waals surface area contributed by atoms with E-state index in [1.807, 2.05) is 18.3 Å². The molecule has 20 heavy (non-hydrogen) atoms. The molecule has 6 heteroatoms. The molecular formula is C14H14N4O2. The second-order valence-electron chi connectivity index (χ2n) is 4.85. The van der Waals surface area contributed by atoms with E-state index < -0.39 is 4.92 Å². The Morgan fingerprint density at radius 2 is 2.15 bits per heavy atom. The number of nitro groups is 1. The second-order valence-corrected chi connectivity index (χ2v) is 4.85. The van der Waals surface area contributed by atoms with Gasteiger partial charge in [0.05, 0.1) is 4.92 Å².